The number of nitrogens with one attached hydrogen (secondary N) is 2. The number of hydrogen-bond donors (Lipinski definition) is 2. The Balaban J connectivity index is 1.47. The molecule has 0 aliphatic carbocycles. The molecule has 1 aliphatic rings. The van der Waals surface area contributed by atoms with Crippen LogP contribution < -0.4 is 20.1 Å². The molecule has 0 bridgehead atoms. The lowest BCUT2D eigenvalue weighted by atomic mass is 9.98. The maximum Gasteiger partial charge on any atom is 0.274 e. The predicted octanol–water partition coefficient (Wildman–Crippen LogP) is 5.24. The second-order valence-electron chi connectivity index (χ2n) is 7.27. The van der Waals surface area contributed by atoms with Gasteiger partial charge in [-0.25, -0.2) is 4.98 Å². The van der Waals surface area contributed by atoms with Crippen molar-refractivity contribution in [2.24, 2.45) is 0 Å². The van der Waals surface area contributed by atoms with E-state index in [2.05, 4.69) is 29.5 Å². The molecule has 0 fully saturated rings. The third-order valence-corrected chi connectivity index (χ3v) is 4.82. The van der Waals surface area contributed by atoms with Crippen LogP contribution in [0.2, 0.25) is 0 Å². The molecule has 1 aromatic heterocycles. The molecule has 6 heteroatoms. The van der Waals surface area contributed by atoms with Gasteiger partial charge in [0, 0.05) is 17.4 Å². The molecule has 2 aromatic carbocycles. The Labute approximate surface area is 169 Å². The van der Waals surface area contributed by atoms with Crippen LogP contribution >= 0.6 is 0 Å². The molecule has 1 amide bonds. The second-order valence-corrected chi connectivity index (χ2v) is 7.27. The van der Waals surface area contributed by atoms with Crippen LogP contribution in [0.4, 0.5) is 17.1 Å². The van der Waals surface area contributed by atoms with E-state index in [1.807, 2.05) is 49.4 Å². The number of aryl methyl sites for hydroxylation is 1. The zero-order valence-corrected chi connectivity index (χ0v) is 16.7. The molecule has 0 radical (unpaired) electrons. The minimum absolute atomic E-state index is 0.226. The summed E-state index contributed by atoms with van der Waals surface area (Å²) in [5, 5.41) is 6.27. The first-order valence-electron chi connectivity index (χ1n) is 9.55. The molecule has 0 saturated carbocycles. The molecule has 6 nitrogen and oxygen atoms in total. The SMILES string of the molecule is Cc1cccc(C(C)C)c1NC(=O)c1ccc(Nc2ccc3c(c2)OCO3)cn1. The maximum absolute atomic E-state index is 12.7. The first-order valence-corrected chi connectivity index (χ1v) is 9.55. The van der Waals surface area contributed by atoms with Gasteiger partial charge in [-0.1, -0.05) is 32.0 Å². The van der Waals surface area contributed by atoms with Crippen molar-refractivity contribution < 1.29 is 14.3 Å². The van der Waals surface area contributed by atoms with Crippen LogP contribution in [0.5, 0.6) is 11.5 Å². The van der Waals surface area contributed by atoms with Crippen LogP contribution in [-0.4, -0.2) is 17.7 Å². The van der Waals surface area contributed by atoms with Gasteiger partial charge in [0.15, 0.2) is 11.5 Å². The lowest BCUT2D eigenvalue weighted by molar-refractivity contribution is 0.102. The summed E-state index contributed by atoms with van der Waals surface area (Å²) >= 11 is 0. The number of fused-ring (bicyclic) bond motifs is 1. The van der Waals surface area contributed by atoms with Crippen molar-refractivity contribution in [3.63, 3.8) is 0 Å². The van der Waals surface area contributed by atoms with Crippen molar-refractivity contribution in [1.82, 2.24) is 4.98 Å². The summed E-state index contributed by atoms with van der Waals surface area (Å²) in [4.78, 5) is 17.0. The maximum atomic E-state index is 12.7. The Morgan fingerprint density at radius 2 is 1.83 bits per heavy atom. The molecule has 1 aliphatic heterocycles. The Morgan fingerprint density at radius 1 is 1.03 bits per heavy atom. The summed E-state index contributed by atoms with van der Waals surface area (Å²) in [6.07, 6.45) is 1.64. The number of hydrogen-bond acceptors (Lipinski definition) is 5. The van der Waals surface area contributed by atoms with E-state index in [1.54, 1.807) is 12.3 Å². The highest BCUT2D eigenvalue weighted by atomic mass is 16.7. The third-order valence-electron chi connectivity index (χ3n) is 4.82. The summed E-state index contributed by atoms with van der Waals surface area (Å²) in [7, 11) is 0. The van der Waals surface area contributed by atoms with E-state index in [4.69, 9.17) is 9.47 Å². The molecule has 29 heavy (non-hydrogen) atoms. The molecule has 2 heterocycles. The number of ether oxygens (including phenoxy) is 2. The Bertz CT molecular complexity index is 1050. The van der Waals surface area contributed by atoms with E-state index in [9.17, 15) is 4.79 Å². The smallest absolute Gasteiger partial charge is 0.274 e. The topological polar surface area (TPSA) is 72.5 Å². The molecular formula is C23H23N3O3. The van der Waals surface area contributed by atoms with Gasteiger partial charge in [-0.3, -0.25) is 4.79 Å². The van der Waals surface area contributed by atoms with Crippen LogP contribution in [0.1, 0.15) is 41.4 Å². The standard InChI is InChI=1S/C23H23N3O3/c1-14(2)18-6-4-5-15(3)22(18)26-23(27)19-9-7-17(12-24-19)25-16-8-10-20-21(11-16)29-13-28-20/h4-12,14,25H,13H2,1-3H3,(H,26,27). The normalized spacial score (nSPS) is 12.1. The first-order chi connectivity index (χ1) is 14.0. The van der Waals surface area contributed by atoms with Gasteiger partial charge in [0.2, 0.25) is 6.79 Å². The van der Waals surface area contributed by atoms with Crippen LogP contribution in [-0.2, 0) is 0 Å². The number of benzene rings is 2. The van der Waals surface area contributed by atoms with Gasteiger partial charge in [0.1, 0.15) is 5.69 Å². The summed E-state index contributed by atoms with van der Waals surface area (Å²) in [6, 6.07) is 15.2. The number of anilines is 3. The highest BCUT2D eigenvalue weighted by Gasteiger charge is 2.15. The number of aromatic nitrogens is 1. The number of carbonyl (C=O) groups excluding carboxylic acids is 1. The van der Waals surface area contributed by atoms with Gasteiger partial charge in [-0.05, 0) is 48.2 Å². The van der Waals surface area contributed by atoms with E-state index in [0.717, 1.165) is 33.9 Å². The second kappa shape index (κ2) is 7.83. The summed E-state index contributed by atoms with van der Waals surface area (Å²) < 4.78 is 10.7. The first kappa shape index (κ1) is 18.8. The van der Waals surface area contributed by atoms with Crippen molar-refractivity contribution in [2.45, 2.75) is 26.7 Å². The van der Waals surface area contributed by atoms with E-state index in [1.165, 1.54) is 0 Å². The zero-order chi connectivity index (χ0) is 20.4. The highest BCUT2D eigenvalue weighted by Crippen LogP contribution is 2.35. The number of carbonyl (C=O) groups is 1. The number of pyridine rings is 1. The van der Waals surface area contributed by atoms with Crippen LogP contribution in [0.3, 0.4) is 0 Å². The summed E-state index contributed by atoms with van der Waals surface area (Å²) in [5.41, 5.74) is 5.00. The van der Waals surface area contributed by atoms with Crippen LogP contribution in [0.15, 0.2) is 54.7 Å². The van der Waals surface area contributed by atoms with E-state index in [0.29, 0.717) is 17.4 Å². The van der Waals surface area contributed by atoms with Crippen molar-refractivity contribution in [3.05, 3.63) is 71.5 Å². The van der Waals surface area contributed by atoms with Crippen molar-refractivity contribution >= 4 is 23.0 Å². The number of amides is 1. The Morgan fingerprint density at radius 3 is 2.59 bits per heavy atom. The third kappa shape index (κ3) is 4.01. The van der Waals surface area contributed by atoms with Gasteiger partial charge in [-0.2, -0.15) is 0 Å². The van der Waals surface area contributed by atoms with Crippen molar-refractivity contribution in [3.8, 4) is 11.5 Å². The number of rotatable bonds is 5. The van der Waals surface area contributed by atoms with E-state index < -0.39 is 0 Å². The minimum atomic E-state index is -0.226. The van der Waals surface area contributed by atoms with Gasteiger partial charge in [0.25, 0.3) is 5.91 Å². The molecule has 4 rings (SSSR count). The quantitative estimate of drug-likeness (QED) is 0.624. The lowest BCUT2D eigenvalue weighted by Crippen LogP contribution is -2.16. The molecule has 148 valence electrons. The van der Waals surface area contributed by atoms with Crippen molar-refractivity contribution in [1.29, 1.82) is 0 Å². The largest absolute Gasteiger partial charge is 0.454 e. The fraction of sp³-hybridized carbons (Fsp3) is 0.217. The molecule has 0 atom stereocenters. The Hall–Kier alpha value is -3.54. The molecule has 2 N–H and O–H groups in total. The summed E-state index contributed by atoms with van der Waals surface area (Å²) in [5.74, 6) is 1.53. The minimum Gasteiger partial charge on any atom is -0.454 e. The van der Waals surface area contributed by atoms with Gasteiger partial charge >= 0.3 is 0 Å². The fourth-order valence-corrected chi connectivity index (χ4v) is 3.26. The predicted molar refractivity (Wildman–Crippen MR) is 113 cm³/mol. The number of nitrogens with zero attached hydrogens (tertiary/aromatic N) is 1. The summed E-state index contributed by atoms with van der Waals surface area (Å²) in [6.45, 7) is 6.45. The van der Waals surface area contributed by atoms with E-state index in [-0.39, 0.29) is 12.7 Å². The van der Waals surface area contributed by atoms with Gasteiger partial charge in [0.05, 0.1) is 11.9 Å². The average molecular weight is 389 g/mol. The molecule has 0 saturated heterocycles. The Kier molecular flexibility index (Phi) is 5.08. The average Bonchev–Trinajstić information content (AvgIpc) is 3.17. The van der Waals surface area contributed by atoms with Crippen molar-refractivity contribution in [2.75, 3.05) is 17.4 Å². The van der Waals surface area contributed by atoms with Gasteiger partial charge in [-0.15, -0.1) is 0 Å². The monoisotopic (exact) mass is 389 g/mol. The van der Waals surface area contributed by atoms with Crippen LogP contribution in [0, 0.1) is 6.92 Å². The van der Waals surface area contributed by atoms with E-state index >= 15 is 0 Å². The highest BCUT2D eigenvalue weighted by molar-refractivity contribution is 6.03. The fourth-order valence-electron chi connectivity index (χ4n) is 3.26. The van der Waals surface area contributed by atoms with Crippen LogP contribution in [0.25, 0.3) is 0 Å². The zero-order valence-electron chi connectivity index (χ0n) is 16.7. The molecule has 0 unspecified atom stereocenters. The molecule has 0 spiro atoms. The molecular weight excluding hydrogens is 366 g/mol. The number of para-hydroxylation sites is 1. The molecule has 3 aromatic rings. The lowest BCUT2D eigenvalue weighted by Gasteiger charge is -2.16. The van der Waals surface area contributed by atoms with Gasteiger partial charge < -0.3 is 20.1 Å².